The van der Waals surface area contributed by atoms with Crippen LogP contribution in [0.5, 0.6) is 0 Å². The first-order chi connectivity index (χ1) is 11.1. The van der Waals surface area contributed by atoms with E-state index in [-0.39, 0.29) is 18.4 Å². The number of hydrogen-bond acceptors (Lipinski definition) is 3. The van der Waals surface area contributed by atoms with Crippen molar-refractivity contribution in [2.24, 2.45) is 0 Å². The Morgan fingerprint density at radius 3 is 2.39 bits per heavy atom. The van der Waals surface area contributed by atoms with Crippen molar-refractivity contribution in [2.75, 3.05) is 19.7 Å². The lowest BCUT2D eigenvalue weighted by Gasteiger charge is -2.05. The maximum Gasteiger partial charge on any atom is 0.246 e. The van der Waals surface area contributed by atoms with Crippen molar-refractivity contribution >= 4 is 17.9 Å². The summed E-state index contributed by atoms with van der Waals surface area (Å²) >= 11 is 0. The van der Waals surface area contributed by atoms with E-state index in [1.54, 1.807) is 13.0 Å². The molecule has 1 rings (SSSR count). The zero-order chi connectivity index (χ0) is 16.9. The maximum absolute atomic E-state index is 11.6. The van der Waals surface area contributed by atoms with Crippen molar-refractivity contribution in [1.29, 1.82) is 0 Å². The van der Waals surface area contributed by atoms with Crippen molar-refractivity contribution in [2.45, 2.75) is 19.8 Å². The number of aliphatic hydroxyl groups is 1. The molecule has 0 unspecified atom stereocenters. The molecule has 0 heterocycles. The number of rotatable bonds is 9. The third-order valence-corrected chi connectivity index (χ3v) is 3.17. The summed E-state index contributed by atoms with van der Waals surface area (Å²) in [5.74, 6) is -0.298. The van der Waals surface area contributed by atoms with E-state index >= 15 is 0 Å². The first-order valence-corrected chi connectivity index (χ1v) is 7.70. The first-order valence-electron chi connectivity index (χ1n) is 7.70. The predicted molar refractivity (Wildman–Crippen MR) is 91.6 cm³/mol. The van der Waals surface area contributed by atoms with Crippen LogP contribution in [-0.2, 0) is 9.59 Å². The highest BCUT2D eigenvalue weighted by atomic mass is 16.2. The van der Waals surface area contributed by atoms with Crippen LogP contribution < -0.4 is 10.6 Å². The van der Waals surface area contributed by atoms with E-state index in [4.69, 9.17) is 5.11 Å². The van der Waals surface area contributed by atoms with Crippen LogP contribution in [0.3, 0.4) is 0 Å². The lowest BCUT2D eigenvalue weighted by molar-refractivity contribution is -0.118. The number of amides is 2. The highest BCUT2D eigenvalue weighted by Gasteiger charge is 2.02. The van der Waals surface area contributed by atoms with E-state index < -0.39 is 0 Å². The van der Waals surface area contributed by atoms with Crippen molar-refractivity contribution in [3.05, 3.63) is 53.6 Å². The summed E-state index contributed by atoms with van der Waals surface area (Å²) in [5.41, 5.74) is 1.49. The predicted octanol–water partition coefficient (Wildman–Crippen LogP) is 1.65. The third-order valence-electron chi connectivity index (χ3n) is 3.17. The van der Waals surface area contributed by atoms with Gasteiger partial charge in [-0.1, -0.05) is 36.4 Å². The number of unbranched alkanes of at least 4 members (excludes halogenated alkanes) is 1. The van der Waals surface area contributed by atoms with Crippen molar-refractivity contribution < 1.29 is 14.7 Å². The molecule has 0 atom stereocenters. The Labute approximate surface area is 137 Å². The molecule has 5 heteroatoms. The van der Waals surface area contributed by atoms with Gasteiger partial charge in [0.05, 0.1) is 6.61 Å². The third kappa shape index (κ3) is 8.58. The van der Waals surface area contributed by atoms with Crippen LogP contribution >= 0.6 is 0 Å². The van der Waals surface area contributed by atoms with Gasteiger partial charge in [-0.05, 0) is 31.4 Å². The summed E-state index contributed by atoms with van der Waals surface area (Å²) in [5, 5.41) is 14.3. The molecule has 0 saturated heterocycles. The summed E-state index contributed by atoms with van der Waals surface area (Å²) in [6.07, 6.45) is 6.31. The normalized spacial score (nSPS) is 11.5. The van der Waals surface area contributed by atoms with Crippen LogP contribution in [0.25, 0.3) is 6.08 Å². The Morgan fingerprint density at radius 1 is 1.09 bits per heavy atom. The fourth-order valence-electron chi connectivity index (χ4n) is 1.83. The second-order valence-corrected chi connectivity index (χ2v) is 5.07. The summed E-state index contributed by atoms with van der Waals surface area (Å²) in [4.78, 5) is 23.1. The summed E-state index contributed by atoms with van der Waals surface area (Å²) < 4.78 is 0. The highest BCUT2D eigenvalue weighted by Crippen LogP contribution is 2.00. The minimum atomic E-state index is -0.172. The van der Waals surface area contributed by atoms with Gasteiger partial charge in [0.1, 0.15) is 0 Å². The minimum Gasteiger partial charge on any atom is -0.392 e. The van der Waals surface area contributed by atoms with E-state index in [0.717, 1.165) is 18.4 Å². The lowest BCUT2D eigenvalue weighted by Crippen LogP contribution is -2.27. The minimum absolute atomic E-state index is 0.125. The summed E-state index contributed by atoms with van der Waals surface area (Å²) in [6, 6.07) is 9.63. The second kappa shape index (κ2) is 11.2. The molecule has 0 bridgehead atoms. The van der Waals surface area contributed by atoms with Crippen LogP contribution in [0.2, 0.25) is 0 Å². The summed E-state index contributed by atoms with van der Waals surface area (Å²) in [6.45, 7) is 2.64. The highest BCUT2D eigenvalue weighted by molar-refractivity contribution is 5.92. The smallest absolute Gasteiger partial charge is 0.246 e. The monoisotopic (exact) mass is 316 g/mol. The van der Waals surface area contributed by atoms with Gasteiger partial charge >= 0.3 is 0 Å². The maximum atomic E-state index is 11.6. The number of hydrogen-bond donors (Lipinski definition) is 3. The van der Waals surface area contributed by atoms with E-state index in [2.05, 4.69) is 10.6 Å². The zero-order valence-electron chi connectivity index (χ0n) is 13.4. The molecule has 0 spiro atoms. The molecular formula is C18H24N2O3. The Morgan fingerprint density at radius 2 is 1.74 bits per heavy atom. The topological polar surface area (TPSA) is 78.4 Å². The average Bonchev–Trinajstić information content (AvgIpc) is 2.57. The van der Waals surface area contributed by atoms with Gasteiger partial charge in [-0.25, -0.2) is 0 Å². The second-order valence-electron chi connectivity index (χ2n) is 5.07. The molecule has 124 valence electrons. The fourth-order valence-corrected chi connectivity index (χ4v) is 1.83. The Hall–Kier alpha value is -2.40. The molecule has 1 aromatic carbocycles. The van der Waals surface area contributed by atoms with Crippen LogP contribution in [0, 0.1) is 0 Å². The largest absolute Gasteiger partial charge is 0.392 e. The molecular weight excluding hydrogens is 292 g/mol. The first kappa shape index (κ1) is 18.6. The molecule has 0 fully saturated rings. The molecule has 2 amide bonds. The summed E-state index contributed by atoms with van der Waals surface area (Å²) in [7, 11) is 0. The van der Waals surface area contributed by atoms with Gasteiger partial charge in [0, 0.05) is 24.7 Å². The van der Waals surface area contributed by atoms with Gasteiger partial charge in [-0.15, -0.1) is 0 Å². The van der Waals surface area contributed by atoms with Gasteiger partial charge in [-0.3, -0.25) is 9.59 Å². The zero-order valence-corrected chi connectivity index (χ0v) is 13.4. The van der Waals surface area contributed by atoms with Crippen LogP contribution in [0.15, 0.2) is 48.1 Å². The molecule has 0 aliphatic rings. The standard InChI is InChI=1S/C18H24N2O3/c1-15(11-14-21)18(23)20-13-6-5-12-19-17(22)10-9-16-7-3-2-4-8-16/h2-4,7-11,21H,5-6,12-14H2,1H3,(H,19,22)(H,20,23)/b10-9+,15-11+. The molecule has 0 aliphatic carbocycles. The Bertz CT molecular complexity index is 551. The molecule has 0 saturated carbocycles. The lowest BCUT2D eigenvalue weighted by atomic mass is 10.2. The molecule has 0 radical (unpaired) electrons. The van der Waals surface area contributed by atoms with E-state index in [1.165, 1.54) is 12.2 Å². The number of benzene rings is 1. The molecule has 23 heavy (non-hydrogen) atoms. The van der Waals surface area contributed by atoms with Crippen molar-refractivity contribution in [1.82, 2.24) is 10.6 Å². The van der Waals surface area contributed by atoms with Crippen LogP contribution in [0.1, 0.15) is 25.3 Å². The quantitative estimate of drug-likeness (QED) is 0.479. The van der Waals surface area contributed by atoms with E-state index in [1.807, 2.05) is 30.3 Å². The van der Waals surface area contributed by atoms with Gasteiger partial charge in [0.2, 0.25) is 11.8 Å². The number of nitrogens with one attached hydrogen (secondary N) is 2. The SMILES string of the molecule is C/C(=C\CO)C(=O)NCCCCNC(=O)/C=C/c1ccccc1. The Kier molecular flexibility index (Phi) is 9.09. The average molecular weight is 316 g/mol. The Balaban J connectivity index is 2.11. The van der Waals surface area contributed by atoms with Gasteiger partial charge < -0.3 is 15.7 Å². The van der Waals surface area contributed by atoms with E-state index in [9.17, 15) is 9.59 Å². The number of carbonyl (C=O) groups is 2. The molecule has 0 aliphatic heterocycles. The van der Waals surface area contributed by atoms with E-state index in [0.29, 0.717) is 18.7 Å². The van der Waals surface area contributed by atoms with Gasteiger partial charge in [0.25, 0.3) is 0 Å². The molecule has 5 nitrogen and oxygen atoms in total. The number of aliphatic hydroxyl groups excluding tert-OH is 1. The number of carbonyl (C=O) groups excluding carboxylic acids is 2. The van der Waals surface area contributed by atoms with Crippen molar-refractivity contribution in [3.63, 3.8) is 0 Å². The van der Waals surface area contributed by atoms with Crippen molar-refractivity contribution in [3.8, 4) is 0 Å². The van der Waals surface area contributed by atoms with Gasteiger partial charge in [0.15, 0.2) is 0 Å². The fraction of sp³-hybridized carbons (Fsp3) is 0.333. The van der Waals surface area contributed by atoms with Crippen LogP contribution in [-0.4, -0.2) is 36.6 Å². The molecule has 3 N–H and O–H groups in total. The van der Waals surface area contributed by atoms with Crippen LogP contribution in [0.4, 0.5) is 0 Å². The van der Waals surface area contributed by atoms with Gasteiger partial charge in [-0.2, -0.15) is 0 Å². The molecule has 0 aromatic heterocycles. The molecule has 1 aromatic rings.